The van der Waals surface area contributed by atoms with Crippen LogP contribution in [0.15, 0.2) is 90.0 Å². The Morgan fingerprint density at radius 1 is 0.943 bits per heavy atom. The van der Waals surface area contributed by atoms with Gasteiger partial charge in [0.25, 0.3) is 0 Å². The Kier molecular flexibility index (Phi) is 11.3. The molecule has 35 heavy (non-hydrogen) atoms. The van der Waals surface area contributed by atoms with E-state index in [1.165, 1.54) is 33.2 Å². The van der Waals surface area contributed by atoms with E-state index in [2.05, 4.69) is 82.3 Å². The number of hydrogen-bond acceptors (Lipinski definition) is 1. The van der Waals surface area contributed by atoms with Gasteiger partial charge in [-0.05, 0) is 52.8 Å². The van der Waals surface area contributed by atoms with Crippen LogP contribution in [0.4, 0.5) is 0 Å². The van der Waals surface area contributed by atoms with E-state index in [9.17, 15) is 0 Å². The Balaban J connectivity index is 0.000000407. The molecule has 0 aliphatic heterocycles. The molecule has 0 saturated heterocycles. The van der Waals surface area contributed by atoms with Gasteiger partial charge in [0, 0.05) is 5.02 Å². The fourth-order valence-electron chi connectivity index (χ4n) is 4.28. The monoisotopic (exact) mass is 561 g/mol. The largest absolute Gasteiger partial charge is 3.00 e. The summed E-state index contributed by atoms with van der Waals surface area (Å²) < 4.78 is 5.58. The zero-order valence-corrected chi connectivity index (χ0v) is 25.2. The standard InChI is InChI=1S/C20H14ClO.C10H16.2CH3.Zr/c1-22-19-10-9-16(13-5-3-2-4-6-13)18-12-14-11-15(21)7-8-17(14)20(18)19;1-8-5-6-9(7-8)10(2,3)4;;;/h2-12H,1H3;6-7H,5H2,1-4H3;2*1H3;/q-1;;2*-1;+3. The van der Waals surface area contributed by atoms with E-state index in [1.54, 1.807) is 7.11 Å². The molecule has 0 amide bonds. The van der Waals surface area contributed by atoms with Crippen molar-refractivity contribution >= 4 is 22.4 Å². The molecular weight excluding hydrogens is 527 g/mol. The molecule has 2 aromatic rings. The third-order valence-corrected chi connectivity index (χ3v) is 6.24. The van der Waals surface area contributed by atoms with E-state index < -0.39 is 0 Å². The van der Waals surface area contributed by atoms with Crippen LogP contribution in [0.5, 0.6) is 5.75 Å². The molecule has 0 unspecified atom stereocenters. The predicted octanol–water partition coefficient (Wildman–Crippen LogP) is 10.2. The fourth-order valence-corrected chi connectivity index (χ4v) is 4.46. The van der Waals surface area contributed by atoms with Crippen LogP contribution in [-0.4, -0.2) is 7.11 Å². The number of halogens is 1. The first-order valence-electron chi connectivity index (χ1n) is 11.1. The van der Waals surface area contributed by atoms with Crippen LogP contribution < -0.4 is 4.74 Å². The molecule has 181 valence electrons. The van der Waals surface area contributed by atoms with Crippen molar-refractivity contribution < 1.29 is 30.9 Å². The van der Waals surface area contributed by atoms with Crippen LogP contribution in [0.3, 0.4) is 0 Å². The topological polar surface area (TPSA) is 9.23 Å². The molecule has 0 bridgehead atoms. The van der Waals surface area contributed by atoms with Crippen LogP contribution in [0.2, 0.25) is 5.02 Å². The SMILES string of the molecule is CC1=CC(C(C)(C)C)=CC1.COc1cc[c-](-c2ccccc2)c2cc3cc(Cl)ccc3c1-2.[CH3-].[CH3-].[Zr+3]. The van der Waals surface area contributed by atoms with Crippen LogP contribution in [0.25, 0.3) is 33.0 Å². The van der Waals surface area contributed by atoms with Crippen molar-refractivity contribution in [3.05, 3.63) is 110 Å². The molecule has 0 fully saturated rings. The molecule has 2 aromatic carbocycles. The van der Waals surface area contributed by atoms with Crippen LogP contribution in [0.1, 0.15) is 34.1 Å². The normalized spacial score (nSPS) is 12.4. The summed E-state index contributed by atoms with van der Waals surface area (Å²) >= 11 is 6.15. The van der Waals surface area contributed by atoms with Gasteiger partial charge in [0.05, 0.1) is 12.9 Å². The molecule has 0 saturated carbocycles. The minimum atomic E-state index is 0. The first-order chi connectivity index (χ1) is 15.3. The number of allylic oxidation sites excluding steroid dienone is 4. The molecule has 0 atom stereocenters. The maximum atomic E-state index is 6.15. The minimum Gasteiger partial charge on any atom is -0.509 e. The molecule has 0 aromatic heterocycles. The minimum absolute atomic E-state index is 0. The van der Waals surface area contributed by atoms with Crippen molar-refractivity contribution in [1.29, 1.82) is 0 Å². The zero-order valence-electron chi connectivity index (χ0n) is 22.0. The van der Waals surface area contributed by atoms with E-state index in [4.69, 9.17) is 16.3 Å². The average molecular weight is 563 g/mol. The van der Waals surface area contributed by atoms with Gasteiger partial charge in [0.1, 0.15) is 0 Å². The van der Waals surface area contributed by atoms with E-state index in [0.717, 1.165) is 28.1 Å². The van der Waals surface area contributed by atoms with Crippen molar-refractivity contribution in [2.24, 2.45) is 5.41 Å². The number of benzene rings is 3. The van der Waals surface area contributed by atoms with Gasteiger partial charge in [-0.2, -0.15) is 0 Å². The van der Waals surface area contributed by atoms with Gasteiger partial charge in [0.15, 0.2) is 0 Å². The van der Waals surface area contributed by atoms with Crippen LogP contribution in [0, 0.1) is 20.3 Å². The smallest absolute Gasteiger partial charge is 0.509 e. The summed E-state index contributed by atoms with van der Waals surface area (Å²) in [5.74, 6) is 0.895. The average Bonchev–Trinajstić information content (AvgIpc) is 3.37. The van der Waals surface area contributed by atoms with Crippen molar-refractivity contribution in [3.8, 4) is 28.0 Å². The second-order valence-corrected chi connectivity index (χ2v) is 9.89. The molecule has 3 aliphatic carbocycles. The number of ether oxygens (including phenoxy) is 1. The van der Waals surface area contributed by atoms with E-state index >= 15 is 0 Å². The Morgan fingerprint density at radius 2 is 1.63 bits per heavy atom. The van der Waals surface area contributed by atoms with Crippen molar-refractivity contribution in [3.63, 3.8) is 0 Å². The summed E-state index contributed by atoms with van der Waals surface area (Å²) in [5, 5.41) is 3.07. The number of hydrogen-bond donors (Lipinski definition) is 0. The van der Waals surface area contributed by atoms with E-state index in [0.29, 0.717) is 5.41 Å². The third kappa shape index (κ3) is 6.81. The molecule has 0 heterocycles. The maximum absolute atomic E-state index is 6.15. The second kappa shape index (κ2) is 12.8. The van der Waals surface area contributed by atoms with Gasteiger partial charge in [0.2, 0.25) is 0 Å². The quantitative estimate of drug-likeness (QED) is 0.221. The number of rotatable bonds is 2. The Labute approximate surface area is 236 Å². The van der Waals surface area contributed by atoms with Gasteiger partial charge < -0.3 is 19.6 Å². The number of fused-ring (bicyclic) bond motifs is 3. The summed E-state index contributed by atoms with van der Waals surface area (Å²) in [6, 6.07) is 22.8. The third-order valence-electron chi connectivity index (χ3n) is 6.01. The molecule has 1 nitrogen and oxygen atoms in total. The first-order valence-corrected chi connectivity index (χ1v) is 11.4. The zero-order chi connectivity index (χ0) is 22.9. The van der Waals surface area contributed by atoms with Crippen molar-refractivity contribution in [1.82, 2.24) is 0 Å². The second-order valence-electron chi connectivity index (χ2n) is 9.45. The summed E-state index contributed by atoms with van der Waals surface area (Å²) in [5.41, 5.74) is 8.09. The summed E-state index contributed by atoms with van der Waals surface area (Å²) in [6.07, 6.45) is 5.79. The van der Waals surface area contributed by atoms with Gasteiger partial charge >= 0.3 is 26.2 Å². The van der Waals surface area contributed by atoms with Crippen molar-refractivity contribution in [2.45, 2.75) is 34.1 Å². The maximum Gasteiger partial charge on any atom is 3.00 e. The first kappa shape index (κ1) is 31.0. The molecular formula is C32H36ClOZr. The molecule has 0 spiro atoms. The predicted molar refractivity (Wildman–Crippen MR) is 152 cm³/mol. The molecule has 3 heteroatoms. The Bertz CT molecular complexity index is 1270. The van der Waals surface area contributed by atoms with Crippen LogP contribution in [-0.2, 0) is 26.2 Å². The van der Waals surface area contributed by atoms with E-state index in [-0.39, 0.29) is 41.1 Å². The summed E-state index contributed by atoms with van der Waals surface area (Å²) in [4.78, 5) is 0. The van der Waals surface area contributed by atoms with Gasteiger partial charge in [-0.1, -0.05) is 97.6 Å². The van der Waals surface area contributed by atoms with E-state index in [1.807, 2.05) is 24.3 Å². The summed E-state index contributed by atoms with van der Waals surface area (Å²) in [7, 11) is 1.71. The van der Waals surface area contributed by atoms with Gasteiger partial charge in [-0.25, -0.2) is 0 Å². The molecule has 0 N–H and O–H groups in total. The van der Waals surface area contributed by atoms with Crippen LogP contribution >= 0.6 is 11.6 Å². The summed E-state index contributed by atoms with van der Waals surface area (Å²) in [6.45, 7) is 8.96. The van der Waals surface area contributed by atoms with Gasteiger partial charge in [-0.15, -0.1) is 23.8 Å². The van der Waals surface area contributed by atoms with Gasteiger partial charge in [-0.3, -0.25) is 0 Å². The molecule has 5 rings (SSSR count). The fraction of sp³-hybridized carbons (Fsp3) is 0.219. The Morgan fingerprint density at radius 3 is 2.17 bits per heavy atom. The van der Waals surface area contributed by atoms with Crippen molar-refractivity contribution in [2.75, 3.05) is 7.11 Å². The molecule has 1 radical (unpaired) electrons. The molecule has 3 aliphatic rings. The Hall–Kier alpha value is -2.02. The number of methoxy groups -OCH3 is 1.